The standard InChI is InChI=1S/C21H34N4O2.HI/c1-5-16-7-6-8-18(13-16)24-21(23-15-20(26)25(2)3)22-14-17-9-11-19(27-4)12-10-17;/h9-12,16,18H,5-8,13-15H2,1-4H3,(H2,22,23,24);1H. The van der Waals surface area contributed by atoms with Crippen LogP contribution in [-0.2, 0) is 11.3 Å². The van der Waals surface area contributed by atoms with Gasteiger partial charge in [0.2, 0.25) is 5.91 Å². The number of rotatable bonds is 7. The van der Waals surface area contributed by atoms with Crippen molar-refractivity contribution in [2.75, 3.05) is 27.7 Å². The zero-order chi connectivity index (χ0) is 19.6. The number of aliphatic imine (C=N–C) groups is 1. The van der Waals surface area contributed by atoms with Crippen molar-refractivity contribution >= 4 is 35.8 Å². The van der Waals surface area contributed by atoms with Gasteiger partial charge in [0.05, 0.1) is 20.2 Å². The molecule has 0 radical (unpaired) electrons. The Labute approximate surface area is 186 Å². The summed E-state index contributed by atoms with van der Waals surface area (Å²) < 4.78 is 5.20. The second-order valence-corrected chi connectivity index (χ2v) is 7.44. The maximum absolute atomic E-state index is 11.9. The molecule has 0 aliphatic heterocycles. The van der Waals surface area contributed by atoms with Crippen LogP contribution in [0.1, 0.15) is 44.6 Å². The van der Waals surface area contributed by atoms with Crippen molar-refractivity contribution in [1.29, 1.82) is 0 Å². The maximum Gasteiger partial charge on any atom is 0.241 e. The van der Waals surface area contributed by atoms with Crippen LogP contribution < -0.4 is 15.4 Å². The van der Waals surface area contributed by atoms with Crippen LogP contribution in [0.2, 0.25) is 0 Å². The number of carbonyl (C=O) groups is 1. The number of halogens is 1. The Kier molecular flexibility index (Phi) is 11.3. The summed E-state index contributed by atoms with van der Waals surface area (Å²) in [6.45, 7) is 3.06. The largest absolute Gasteiger partial charge is 0.497 e. The average Bonchev–Trinajstić information content (AvgIpc) is 2.70. The number of benzene rings is 1. The SMILES string of the molecule is CCC1CCCC(NC(=NCc2ccc(OC)cc2)NCC(=O)N(C)C)C1.I. The Hall–Kier alpha value is -1.51. The smallest absolute Gasteiger partial charge is 0.241 e. The molecule has 28 heavy (non-hydrogen) atoms. The second kappa shape index (κ2) is 12.9. The van der Waals surface area contributed by atoms with Gasteiger partial charge < -0.3 is 20.3 Å². The molecule has 0 bridgehead atoms. The van der Waals surface area contributed by atoms with E-state index in [1.807, 2.05) is 24.3 Å². The molecule has 2 unspecified atom stereocenters. The lowest BCUT2D eigenvalue weighted by atomic mass is 9.84. The van der Waals surface area contributed by atoms with Gasteiger partial charge in [-0.15, -0.1) is 24.0 Å². The topological polar surface area (TPSA) is 66.0 Å². The molecule has 1 aromatic rings. The Morgan fingerprint density at radius 3 is 2.57 bits per heavy atom. The molecule has 1 fully saturated rings. The quantitative estimate of drug-likeness (QED) is 0.341. The van der Waals surface area contributed by atoms with Crippen molar-refractivity contribution < 1.29 is 9.53 Å². The van der Waals surface area contributed by atoms with Gasteiger partial charge in [-0.25, -0.2) is 4.99 Å². The Bertz CT molecular complexity index is 619. The molecule has 1 aromatic carbocycles. The summed E-state index contributed by atoms with van der Waals surface area (Å²) in [6.07, 6.45) is 6.11. The number of methoxy groups -OCH3 is 1. The molecule has 0 saturated heterocycles. The summed E-state index contributed by atoms with van der Waals surface area (Å²) in [7, 11) is 5.19. The molecule has 1 aliphatic rings. The van der Waals surface area contributed by atoms with Gasteiger partial charge in [-0.3, -0.25) is 4.79 Å². The van der Waals surface area contributed by atoms with E-state index in [9.17, 15) is 4.79 Å². The number of hydrogen-bond acceptors (Lipinski definition) is 3. The minimum Gasteiger partial charge on any atom is -0.497 e. The predicted octanol–water partition coefficient (Wildman–Crippen LogP) is 3.41. The maximum atomic E-state index is 11.9. The minimum absolute atomic E-state index is 0. The van der Waals surface area contributed by atoms with E-state index in [2.05, 4.69) is 17.6 Å². The first-order valence-electron chi connectivity index (χ1n) is 9.89. The third kappa shape index (κ3) is 8.24. The van der Waals surface area contributed by atoms with Gasteiger partial charge in [0.25, 0.3) is 0 Å². The monoisotopic (exact) mass is 502 g/mol. The van der Waals surface area contributed by atoms with Crippen molar-refractivity contribution in [3.05, 3.63) is 29.8 Å². The number of carbonyl (C=O) groups excluding carboxylic acids is 1. The minimum atomic E-state index is 0. The summed E-state index contributed by atoms with van der Waals surface area (Å²) in [5, 5.41) is 6.75. The number of guanidine groups is 1. The van der Waals surface area contributed by atoms with Crippen LogP contribution in [0, 0.1) is 5.92 Å². The van der Waals surface area contributed by atoms with Gasteiger partial charge in [0.1, 0.15) is 5.75 Å². The molecule has 2 atom stereocenters. The van der Waals surface area contributed by atoms with E-state index in [0.717, 1.165) is 23.7 Å². The fourth-order valence-electron chi connectivity index (χ4n) is 3.36. The molecule has 0 heterocycles. The number of likely N-dealkylation sites (N-methyl/N-ethyl adjacent to an activating group) is 1. The highest BCUT2D eigenvalue weighted by molar-refractivity contribution is 14.0. The van der Waals surface area contributed by atoms with Gasteiger partial charge in [-0.2, -0.15) is 0 Å². The molecule has 2 N–H and O–H groups in total. The number of nitrogens with one attached hydrogen (secondary N) is 2. The summed E-state index contributed by atoms with van der Waals surface area (Å²) in [5.74, 6) is 2.36. The van der Waals surface area contributed by atoms with Gasteiger partial charge in [0, 0.05) is 20.1 Å². The van der Waals surface area contributed by atoms with E-state index in [1.165, 1.54) is 25.7 Å². The van der Waals surface area contributed by atoms with Crippen LogP contribution in [0.15, 0.2) is 29.3 Å². The average molecular weight is 502 g/mol. The number of nitrogens with zero attached hydrogens (tertiary/aromatic N) is 2. The van der Waals surface area contributed by atoms with Gasteiger partial charge in [-0.1, -0.05) is 38.3 Å². The molecule has 1 amide bonds. The molecule has 2 rings (SSSR count). The van der Waals surface area contributed by atoms with Crippen molar-refractivity contribution in [3.8, 4) is 5.75 Å². The van der Waals surface area contributed by atoms with Crippen molar-refractivity contribution in [3.63, 3.8) is 0 Å². The third-order valence-electron chi connectivity index (χ3n) is 5.19. The molecule has 158 valence electrons. The fraction of sp³-hybridized carbons (Fsp3) is 0.619. The number of hydrogen-bond donors (Lipinski definition) is 2. The van der Waals surface area contributed by atoms with E-state index in [1.54, 1.807) is 26.1 Å². The first kappa shape index (κ1) is 24.5. The van der Waals surface area contributed by atoms with E-state index in [0.29, 0.717) is 18.5 Å². The van der Waals surface area contributed by atoms with E-state index >= 15 is 0 Å². The van der Waals surface area contributed by atoms with Gasteiger partial charge >= 0.3 is 0 Å². The van der Waals surface area contributed by atoms with Crippen LogP contribution in [0.3, 0.4) is 0 Å². The van der Waals surface area contributed by atoms with E-state index in [4.69, 9.17) is 9.73 Å². The Morgan fingerprint density at radius 2 is 1.96 bits per heavy atom. The number of ether oxygens (including phenoxy) is 1. The molecule has 1 aliphatic carbocycles. The normalized spacial score (nSPS) is 19.4. The van der Waals surface area contributed by atoms with Crippen LogP contribution in [0.25, 0.3) is 0 Å². The predicted molar refractivity (Wildman–Crippen MR) is 125 cm³/mol. The number of amides is 1. The molecule has 1 saturated carbocycles. The van der Waals surface area contributed by atoms with Crippen LogP contribution in [-0.4, -0.2) is 50.6 Å². The lowest BCUT2D eigenvalue weighted by Crippen LogP contribution is -2.48. The zero-order valence-corrected chi connectivity index (χ0v) is 19.9. The van der Waals surface area contributed by atoms with Crippen LogP contribution >= 0.6 is 24.0 Å². The van der Waals surface area contributed by atoms with Crippen LogP contribution in [0.5, 0.6) is 5.75 Å². The molecule has 0 aromatic heterocycles. The van der Waals surface area contributed by atoms with Gasteiger partial charge in [-0.05, 0) is 36.5 Å². The lowest BCUT2D eigenvalue weighted by Gasteiger charge is -2.30. The third-order valence-corrected chi connectivity index (χ3v) is 5.19. The summed E-state index contributed by atoms with van der Waals surface area (Å²) in [4.78, 5) is 18.2. The molecular weight excluding hydrogens is 467 g/mol. The highest BCUT2D eigenvalue weighted by Crippen LogP contribution is 2.26. The molecule has 7 heteroatoms. The van der Waals surface area contributed by atoms with Crippen molar-refractivity contribution in [2.24, 2.45) is 10.9 Å². The fourth-order valence-corrected chi connectivity index (χ4v) is 3.36. The molecule has 6 nitrogen and oxygen atoms in total. The second-order valence-electron chi connectivity index (χ2n) is 7.44. The van der Waals surface area contributed by atoms with Gasteiger partial charge in [0.15, 0.2) is 5.96 Å². The van der Waals surface area contributed by atoms with Crippen molar-refractivity contribution in [1.82, 2.24) is 15.5 Å². The Balaban J connectivity index is 0.00000392. The summed E-state index contributed by atoms with van der Waals surface area (Å²) >= 11 is 0. The van der Waals surface area contributed by atoms with Crippen LogP contribution in [0.4, 0.5) is 0 Å². The first-order chi connectivity index (χ1) is 13.0. The van der Waals surface area contributed by atoms with Crippen molar-refractivity contribution in [2.45, 2.75) is 51.6 Å². The summed E-state index contributed by atoms with van der Waals surface area (Å²) in [6, 6.07) is 8.32. The molecular formula is C21H35IN4O2. The highest BCUT2D eigenvalue weighted by atomic mass is 127. The zero-order valence-electron chi connectivity index (χ0n) is 17.5. The first-order valence-corrected chi connectivity index (χ1v) is 9.89. The lowest BCUT2D eigenvalue weighted by molar-refractivity contribution is -0.127. The summed E-state index contributed by atoms with van der Waals surface area (Å²) in [5.41, 5.74) is 1.10. The van der Waals surface area contributed by atoms with E-state index < -0.39 is 0 Å². The highest BCUT2D eigenvalue weighted by Gasteiger charge is 2.21. The molecule has 0 spiro atoms. The Morgan fingerprint density at radius 1 is 1.25 bits per heavy atom. The van der Waals surface area contributed by atoms with E-state index in [-0.39, 0.29) is 36.4 Å².